The van der Waals surface area contributed by atoms with Crippen molar-refractivity contribution < 1.29 is 9.47 Å². The Labute approximate surface area is 45.4 Å². The fraction of sp³-hybridized carbons (Fsp3) is 1.00. The molecule has 0 radical (unpaired) electrons. The highest BCUT2D eigenvalue weighted by Gasteiger charge is 1.87. The van der Waals surface area contributed by atoms with E-state index in [1.165, 1.54) is 0 Å². The van der Waals surface area contributed by atoms with Gasteiger partial charge in [0, 0.05) is 14.2 Å². The summed E-state index contributed by atoms with van der Waals surface area (Å²) in [4.78, 5) is 0. The van der Waals surface area contributed by atoms with E-state index in [2.05, 4.69) is 9.47 Å². The van der Waals surface area contributed by atoms with Crippen LogP contribution in [-0.4, -0.2) is 20.5 Å². The monoisotopic (exact) mass is 106 g/mol. The van der Waals surface area contributed by atoms with Crippen LogP contribution in [0.3, 0.4) is 0 Å². The van der Waals surface area contributed by atoms with Gasteiger partial charge in [0.25, 0.3) is 0 Å². The highest BCUT2D eigenvalue weighted by molar-refractivity contribution is 4.17. The second kappa shape index (κ2) is 5.92. The summed E-state index contributed by atoms with van der Waals surface area (Å²) in [7, 11) is 3.21. The molecule has 0 atom stereocenters. The minimum absolute atomic E-state index is 0. The van der Waals surface area contributed by atoms with Crippen molar-refractivity contribution in [2.75, 3.05) is 14.2 Å². The van der Waals surface area contributed by atoms with Crippen LogP contribution in [0, 0.1) is 0 Å². The van der Waals surface area contributed by atoms with E-state index in [4.69, 9.17) is 0 Å². The number of hydrogen-bond acceptors (Lipinski definition) is 2. The van der Waals surface area contributed by atoms with Crippen LogP contribution in [0.4, 0.5) is 0 Å². The molecule has 0 bridgehead atoms. The van der Waals surface area contributed by atoms with Crippen LogP contribution in [0.1, 0.15) is 14.4 Å². The molecule has 0 aliphatic carbocycles. The molecule has 2 nitrogen and oxygen atoms in total. The van der Waals surface area contributed by atoms with Crippen LogP contribution >= 0.6 is 0 Å². The lowest BCUT2D eigenvalue weighted by Crippen LogP contribution is -2.05. The fourth-order valence-electron chi connectivity index (χ4n) is 0.0962. The second-order valence-electron chi connectivity index (χ2n) is 1.04. The zero-order valence-electron chi connectivity index (χ0n) is 4.39. The Bertz CT molecular complexity index is 25.3. The fourth-order valence-corrected chi connectivity index (χ4v) is 0.0962. The van der Waals surface area contributed by atoms with Crippen molar-refractivity contribution in [1.29, 1.82) is 0 Å². The van der Waals surface area contributed by atoms with Gasteiger partial charge in [-0.15, -0.1) is 0 Å². The Balaban J connectivity index is 0. The summed E-state index contributed by atoms with van der Waals surface area (Å²) < 4.78 is 9.35. The van der Waals surface area contributed by atoms with Crippen molar-refractivity contribution >= 4 is 0 Å². The molecule has 0 aromatic carbocycles. The summed E-state index contributed by atoms with van der Waals surface area (Å²) in [6.07, 6.45) is -0.0648. The first-order valence-electron chi connectivity index (χ1n) is 1.87. The van der Waals surface area contributed by atoms with E-state index in [1.807, 2.05) is 6.92 Å². The standard InChI is InChI=1S/C4H10O2.CH4/c1-4(5-2)6-3;/h4H,1-3H3;1H4. The van der Waals surface area contributed by atoms with Gasteiger partial charge < -0.3 is 9.47 Å². The molecule has 0 unspecified atom stereocenters. The van der Waals surface area contributed by atoms with E-state index in [0.717, 1.165) is 0 Å². The van der Waals surface area contributed by atoms with Crippen molar-refractivity contribution in [3.05, 3.63) is 0 Å². The molecule has 7 heavy (non-hydrogen) atoms. The zero-order valence-corrected chi connectivity index (χ0v) is 4.39. The predicted molar refractivity (Wildman–Crippen MR) is 30.2 cm³/mol. The molecule has 0 fully saturated rings. The first-order valence-corrected chi connectivity index (χ1v) is 1.87. The maximum Gasteiger partial charge on any atom is 0.154 e. The van der Waals surface area contributed by atoms with Crippen LogP contribution in [0.25, 0.3) is 0 Å². The Morgan fingerprint density at radius 2 is 1.43 bits per heavy atom. The molecule has 0 heterocycles. The maximum absolute atomic E-state index is 4.68. The van der Waals surface area contributed by atoms with Crippen molar-refractivity contribution in [2.45, 2.75) is 20.6 Å². The van der Waals surface area contributed by atoms with E-state index in [9.17, 15) is 0 Å². The average Bonchev–Trinajstić information content (AvgIpc) is 1.65. The third kappa shape index (κ3) is 5.92. The molecule has 0 aliphatic heterocycles. The van der Waals surface area contributed by atoms with E-state index in [-0.39, 0.29) is 13.7 Å². The van der Waals surface area contributed by atoms with E-state index < -0.39 is 0 Å². The summed E-state index contributed by atoms with van der Waals surface area (Å²) in [5.41, 5.74) is 0. The highest BCUT2D eigenvalue weighted by Crippen LogP contribution is 1.82. The van der Waals surface area contributed by atoms with Gasteiger partial charge in [0.05, 0.1) is 0 Å². The van der Waals surface area contributed by atoms with Gasteiger partial charge in [-0.05, 0) is 6.92 Å². The minimum atomic E-state index is -0.0648. The minimum Gasteiger partial charge on any atom is -0.356 e. The lowest BCUT2D eigenvalue weighted by Gasteiger charge is -2.03. The molecule has 0 N–H and O–H groups in total. The molecule has 0 aliphatic rings. The quantitative estimate of drug-likeness (QED) is 0.493. The van der Waals surface area contributed by atoms with Gasteiger partial charge in [-0.3, -0.25) is 0 Å². The molecule has 0 saturated heterocycles. The van der Waals surface area contributed by atoms with Gasteiger partial charge in [-0.2, -0.15) is 0 Å². The van der Waals surface area contributed by atoms with Gasteiger partial charge in [0.2, 0.25) is 0 Å². The smallest absolute Gasteiger partial charge is 0.154 e. The van der Waals surface area contributed by atoms with Crippen molar-refractivity contribution in [3.63, 3.8) is 0 Å². The maximum atomic E-state index is 4.68. The summed E-state index contributed by atoms with van der Waals surface area (Å²) in [6.45, 7) is 1.83. The van der Waals surface area contributed by atoms with Gasteiger partial charge >= 0.3 is 0 Å². The first-order chi connectivity index (χ1) is 2.81. The highest BCUT2D eigenvalue weighted by atomic mass is 16.7. The van der Waals surface area contributed by atoms with E-state index in [1.54, 1.807) is 14.2 Å². The number of methoxy groups -OCH3 is 2. The predicted octanol–water partition coefficient (Wildman–Crippen LogP) is 1.26. The van der Waals surface area contributed by atoms with Crippen LogP contribution in [0.15, 0.2) is 0 Å². The molecule has 0 spiro atoms. The number of rotatable bonds is 2. The molecule has 0 saturated carbocycles. The number of ether oxygens (including phenoxy) is 2. The lowest BCUT2D eigenvalue weighted by atomic mass is 10.8. The van der Waals surface area contributed by atoms with Gasteiger partial charge in [0.1, 0.15) is 0 Å². The number of hydrogen-bond donors (Lipinski definition) is 0. The van der Waals surface area contributed by atoms with Crippen LogP contribution < -0.4 is 0 Å². The van der Waals surface area contributed by atoms with E-state index in [0.29, 0.717) is 0 Å². The topological polar surface area (TPSA) is 18.5 Å². The third-order valence-corrected chi connectivity index (χ3v) is 0.664. The summed E-state index contributed by atoms with van der Waals surface area (Å²) in [6, 6.07) is 0. The van der Waals surface area contributed by atoms with Crippen LogP contribution in [-0.2, 0) is 9.47 Å². The molecule has 0 aromatic rings. The lowest BCUT2D eigenvalue weighted by molar-refractivity contribution is -0.0877. The molecular formula is C5H14O2. The third-order valence-electron chi connectivity index (χ3n) is 0.664. The molecule has 2 heteroatoms. The molecular weight excluding hydrogens is 92.1 g/mol. The Morgan fingerprint density at radius 3 is 1.43 bits per heavy atom. The summed E-state index contributed by atoms with van der Waals surface area (Å²) in [5.74, 6) is 0. The zero-order chi connectivity index (χ0) is 4.99. The van der Waals surface area contributed by atoms with Gasteiger partial charge in [-0.1, -0.05) is 7.43 Å². The molecule has 0 amide bonds. The van der Waals surface area contributed by atoms with Gasteiger partial charge in [-0.25, -0.2) is 0 Å². The second-order valence-corrected chi connectivity index (χ2v) is 1.04. The normalized spacial score (nSPS) is 8.57. The first kappa shape index (κ1) is 10.0. The Hall–Kier alpha value is -0.0800. The van der Waals surface area contributed by atoms with E-state index >= 15 is 0 Å². The van der Waals surface area contributed by atoms with Crippen molar-refractivity contribution in [1.82, 2.24) is 0 Å². The largest absolute Gasteiger partial charge is 0.356 e. The Kier molecular flexibility index (Phi) is 8.47. The van der Waals surface area contributed by atoms with Crippen molar-refractivity contribution in [2.24, 2.45) is 0 Å². The van der Waals surface area contributed by atoms with Crippen LogP contribution in [0.5, 0.6) is 0 Å². The van der Waals surface area contributed by atoms with Crippen LogP contribution in [0.2, 0.25) is 0 Å². The SMILES string of the molecule is C.COC(C)OC. The molecule has 0 rings (SSSR count). The molecule has 0 aromatic heterocycles. The Morgan fingerprint density at radius 1 is 1.14 bits per heavy atom. The van der Waals surface area contributed by atoms with Crippen molar-refractivity contribution in [3.8, 4) is 0 Å². The summed E-state index contributed by atoms with van der Waals surface area (Å²) in [5, 5.41) is 0. The average molecular weight is 106 g/mol. The van der Waals surface area contributed by atoms with Gasteiger partial charge in [0.15, 0.2) is 6.29 Å². The summed E-state index contributed by atoms with van der Waals surface area (Å²) >= 11 is 0. The molecule has 46 valence electrons.